The molecule has 1 aliphatic heterocycles. The molecule has 0 atom stereocenters. The van der Waals surface area contributed by atoms with Crippen LogP contribution in [0.2, 0.25) is 0 Å². The molecule has 0 saturated carbocycles. The van der Waals surface area contributed by atoms with Crippen LogP contribution >= 0.6 is 12.4 Å². The van der Waals surface area contributed by atoms with Crippen molar-refractivity contribution < 1.29 is 9.90 Å². The van der Waals surface area contributed by atoms with Crippen LogP contribution in [-0.4, -0.2) is 34.0 Å². The van der Waals surface area contributed by atoms with E-state index in [-0.39, 0.29) is 12.4 Å². The zero-order valence-electron chi connectivity index (χ0n) is 16.4. The molecule has 1 saturated heterocycles. The molecule has 2 N–H and O–H groups in total. The van der Waals surface area contributed by atoms with E-state index in [0.29, 0.717) is 18.2 Å². The van der Waals surface area contributed by atoms with Gasteiger partial charge in [0.25, 0.3) is 0 Å². The number of aromatic nitrogens is 1. The summed E-state index contributed by atoms with van der Waals surface area (Å²) < 4.78 is 0. The van der Waals surface area contributed by atoms with Crippen LogP contribution in [0.25, 0.3) is 10.9 Å². The molecule has 4 nitrogen and oxygen atoms in total. The van der Waals surface area contributed by atoms with Gasteiger partial charge >= 0.3 is 5.97 Å². The number of likely N-dealkylation sites (tertiary alicyclic amines) is 1. The standard InChI is InChI=1S/C23H26N2O2.ClH/c1-15-6-5-7-16(2)21(15)17-10-12-25(13-11-17)14-19-18-8-3-4-9-20(18)24-22(19)23(26)27;/h3-9,17,24H,10-14H2,1-2H3,(H,26,27);1H. The number of aryl methyl sites for hydroxylation is 2. The van der Waals surface area contributed by atoms with E-state index in [1.165, 1.54) is 16.7 Å². The summed E-state index contributed by atoms with van der Waals surface area (Å²) in [5.74, 6) is -0.281. The highest BCUT2D eigenvalue weighted by atomic mass is 35.5. The molecule has 0 spiro atoms. The molecule has 1 fully saturated rings. The van der Waals surface area contributed by atoms with Gasteiger partial charge in [0, 0.05) is 23.0 Å². The van der Waals surface area contributed by atoms with E-state index in [0.717, 1.165) is 42.4 Å². The zero-order valence-corrected chi connectivity index (χ0v) is 17.2. The summed E-state index contributed by atoms with van der Waals surface area (Å²) in [4.78, 5) is 17.2. The SMILES string of the molecule is Cc1cccc(C)c1C1CCN(Cc2c(C(=O)O)[nH]c3ccccc23)CC1.Cl. The van der Waals surface area contributed by atoms with Crippen LogP contribution in [0.4, 0.5) is 0 Å². The Balaban J connectivity index is 0.00000225. The third-order valence-electron chi connectivity index (χ3n) is 5.95. The van der Waals surface area contributed by atoms with Crippen LogP contribution < -0.4 is 0 Å². The number of nitrogens with one attached hydrogen (secondary N) is 1. The highest BCUT2D eigenvalue weighted by Gasteiger charge is 2.25. The minimum Gasteiger partial charge on any atom is -0.477 e. The number of aromatic carboxylic acids is 1. The number of hydrogen-bond donors (Lipinski definition) is 2. The lowest BCUT2D eigenvalue weighted by Crippen LogP contribution is -2.33. The third-order valence-corrected chi connectivity index (χ3v) is 5.95. The topological polar surface area (TPSA) is 56.3 Å². The van der Waals surface area contributed by atoms with Gasteiger partial charge < -0.3 is 10.1 Å². The predicted molar refractivity (Wildman–Crippen MR) is 116 cm³/mol. The zero-order chi connectivity index (χ0) is 19.0. The van der Waals surface area contributed by atoms with Crippen molar-refractivity contribution in [3.05, 3.63) is 70.4 Å². The maximum absolute atomic E-state index is 11.7. The van der Waals surface area contributed by atoms with Crippen molar-refractivity contribution in [3.63, 3.8) is 0 Å². The van der Waals surface area contributed by atoms with Gasteiger partial charge in [-0.2, -0.15) is 0 Å². The fourth-order valence-corrected chi connectivity index (χ4v) is 4.62. The van der Waals surface area contributed by atoms with Gasteiger partial charge in [-0.05, 0) is 68.5 Å². The maximum Gasteiger partial charge on any atom is 0.352 e. The van der Waals surface area contributed by atoms with Crippen LogP contribution in [0.5, 0.6) is 0 Å². The minimum atomic E-state index is -0.883. The van der Waals surface area contributed by atoms with Crippen LogP contribution in [0.1, 0.15) is 51.5 Å². The molecule has 0 unspecified atom stereocenters. The Morgan fingerprint density at radius 1 is 1.07 bits per heavy atom. The Hall–Kier alpha value is -2.30. The first-order valence-electron chi connectivity index (χ1n) is 9.66. The second kappa shape index (κ2) is 8.38. The summed E-state index contributed by atoms with van der Waals surface area (Å²) in [7, 11) is 0. The van der Waals surface area contributed by atoms with Crippen LogP contribution in [0, 0.1) is 13.8 Å². The smallest absolute Gasteiger partial charge is 0.352 e. The van der Waals surface area contributed by atoms with Crippen molar-refractivity contribution in [2.45, 2.75) is 39.2 Å². The molecule has 3 aromatic rings. The molecule has 0 amide bonds. The Bertz CT molecular complexity index is 967. The third kappa shape index (κ3) is 3.80. The molecule has 148 valence electrons. The van der Waals surface area contributed by atoms with Gasteiger partial charge in [-0.3, -0.25) is 4.90 Å². The number of carboxylic acid groups (broad SMARTS) is 1. The van der Waals surface area contributed by atoms with E-state index in [4.69, 9.17) is 0 Å². The molecule has 4 rings (SSSR count). The van der Waals surface area contributed by atoms with Crippen molar-refractivity contribution in [3.8, 4) is 0 Å². The van der Waals surface area contributed by atoms with Crippen molar-refractivity contribution in [1.29, 1.82) is 0 Å². The first kappa shape index (κ1) is 20.4. The molecule has 0 bridgehead atoms. The monoisotopic (exact) mass is 398 g/mol. The van der Waals surface area contributed by atoms with E-state index in [1.807, 2.05) is 24.3 Å². The molecule has 5 heteroatoms. The highest BCUT2D eigenvalue weighted by Crippen LogP contribution is 2.33. The molecular weight excluding hydrogens is 372 g/mol. The summed E-state index contributed by atoms with van der Waals surface area (Å²) in [5, 5.41) is 10.6. The van der Waals surface area contributed by atoms with Gasteiger partial charge in [-0.1, -0.05) is 36.4 Å². The van der Waals surface area contributed by atoms with E-state index in [2.05, 4.69) is 41.9 Å². The number of piperidine rings is 1. The van der Waals surface area contributed by atoms with E-state index in [1.54, 1.807) is 0 Å². The van der Waals surface area contributed by atoms with Gasteiger partial charge in [0.15, 0.2) is 0 Å². The molecule has 2 aromatic carbocycles. The Kier molecular flexibility index (Phi) is 6.11. The highest BCUT2D eigenvalue weighted by molar-refractivity contribution is 5.97. The van der Waals surface area contributed by atoms with E-state index in [9.17, 15) is 9.90 Å². The lowest BCUT2D eigenvalue weighted by Gasteiger charge is -2.33. The summed E-state index contributed by atoms with van der Waals surface area (Å²) in [5.41, 5.74) is 6.42. The number of aromatic amines is 1. The fraction of sp³-hybridized carbons (Fsp3) is 0.348. The summed E-state index contributed by atoms with van der Waals surface area (Å²) >= 11 is 0. The van der Waals surface area contributed by atoms with Crippen LogP contribution in [0.3, 0.4) is 0 Å². The molecule has 0 radical (unpaired) electrons. The van der Waals surface area contributed by atoms with Gasteiger partial charge in [-0.25, -0.2) is 4.79 Å². The number of H-pyrrole nitrogens is 1. The number of rotatable bonds is 4. The lowest BCUT2D eigenvalue weighted by molar-refractivity contribution is 0.0688. The van der Waals surface area contributed by atoms with Gasteiger partial charge in [0.1, 0.15) is 5.69 Å². The molecule has 0 aliphatic carbocycles. The van der Waals surface area contributed by atoms with Crippen molar-refractivity contribution in [2.24, 2.45) is 0 Å². The summed E-state index contributed by atoms with van der Waals surface area (Å²) in [6.45, 7) is 7.10. The number of fused-ring (bicyclic) bond motifs is 1. The van der Waals surface area contributed by atoms with Crippen LogP contribution in [0.15, 0.2) is 42.5 Å². The number of nitrogens with zero attached hydrogens (tertiary/aromatic N) is 1. The first-order chi connectivity index (χ1) is 13.0. The number of para-hydroxylation sites is 1. The normalized spacial score (nSPS) is 15.5. The molecule has 1 aromatic heterocycles. The van der Waals surface area contributed by atoms with Gasteiger partial charge in [-0.15, -0.1) is 12.4 Å². The number of carbonyl (C=O) groups is 1. The second-order valence-electron chi connectivity index (χ2n) is 7.69. The summed E-state index contributed by atoms with van der Waals surface area (Å²) in [6.07, 6.45) is 2.24. The van der Waals surface area contributed by atoms with E-state index < -0.39 is 5.97 Å². The number of benzene rings is 2. The van der Waals surface area contributed by atoms with Crippen molar-refractivity contribution >= 4 is 29.3 Å². The van der Waals surface area contributed by atoms with Crippen molar-refractivity contribution in [2.75, 3.05) is 13.1 Å². The second-order valence-corrected chi connectivity index (χ2v) is 7.69. The number of halogens is 1. The predicted octanol–water partition coefficient (Wildman–Crippen LogP) is 5.28. The molecular formula is C23H27ClN2O2. The largest absolute Gasteiger partial charge is 0.477 e. The quantitative estimate of drug-likeness (QED) is 0.628. The minimum absolute atomic E-state index is 0. The lowest BCUT2D eigenvalue weighted by atomic mass is 9.84. The summed E-state index contributed by atoms with van der Waals surface area (Å²) in [6, 6.07) is 14.4. The molecule has 1 aliphatic rings. The average Bonchev–Trinajstić information content (AvgIpc) is 3.02. The molecule has 2 heterocycles. The number of hydrogen-bond acceptors (Lipinski definition) is 2. The van der Waals surface area contributed by atoms with Gasteiger partial charge in [0.05, 0.1) is 0 Å². The Morgan fingerprint density at radius 2 is 1.71 bits per heavy atom. The fourth-order valence-electron chi connectivity index (χ4n) is 4.62. The first-order valence-corrected chi connectivity index (χ1v) is 9.66. The van der Waals surface area contributed by atoms with Crippen LogP contribution in [-0.2, 0) is 6.54 Å². The van der Waals surface area contributed by atoms with Gasteiger partial charge in [0.2, 0.25) is 0 Å². The number of carboxylic acids is 1. The average molecular weight is 399 g/mol. The van der Waals surface area contributed by atoms with E-state index >= 15 is 0 Å². The molecule has 28 heavy (non-hydrogen) atoms. The van der Waals surface area contributed by atoms with Crippen molar-refractivity contribution in [1.82, 2.24) is 9.88 Å². The Labute approximate surface area is 172 Å². The Morgan fingerprint density at radius 3 is 2.36 bits per heavy atom. The maximum atomic E-state index is 11.7.